The topological polar surface area (TPSA) is 134 Å². The van der Waals surface area contributed by atoms with E-state index >= 15 is 0 Å². The largest absolute Gasteiger partial charge is 0.481 e. The third-order valence-electron chi connectivity index (χ3n) is 5.25. The number of hydrogen-bond donors (Lipinski definition) is 2. The Morgan fingerprint density at radius 2 is 2.18 bits per heavy atom. The van der Waals surface area contributed by atoms with Crippen molar-refractivity contribution in [3.8, 4) is 22.9 Å². The number of methoxy groups -OCH3 is 1. The summed E-state index contributed by atoms with van der Waals surface area (Å²) in [5.74, 6) is 0.833. The number of carbonyl (C=O) groups excluding carboxylic acids is 1. The van der Waals surface area contributed by atoms with E-state index in [9.17, 15) is 9.00 Å². The summed E-state index contributed by atoms with van der Waals surface area (Å²) in [6.45, 7) is 5.11. The van der Waals surface area contributed by atoms with Crippen LogP contribution in [-0.2, 0) is 16.5 Å². The molecule has 10 nitrogen and oxygen atoms in total. The number of nitrogens with one attached hydrogen (secondary N) is 1. The van der Waals surface area contributed by atoms with Crippen LogP contribution in [0, 0.1) is 0 Å². The Morgan fingerprint density at radius 1 is 1.36 bits per heavy atom. The summed E-state index contributed by atoms with van der Waals surface area (Å²) < 4.78 is 29.3. The van der Waals surface area contributed by atoms with Crippen molar-refractivity contribution in [2.75, 3.05) is 19.0 Å². The lowest BCUT2D eigenvalue weighted by Crippen LogP contribution is -2.21. The van der Waals surface area contributed by atoms with Crippen LogP contribution >= 0.6 is 0 Å². The molecule has 2 aromatic heterocycles. The predicted octanol–water partition coefficient (Wildman–Crippen LogP) is 3.79. The van der Waals surface area contributed by atoms with E-state index in [1.165, 1.54) is 13.3 Å². The molecule has 1 aliphatic heterocycles. The number of para-hydroxylation sites is 1. The van der Waals surface area contributed by atoms with E-state index in [-0.39, 0.29) is 16.7 Å². The minimum Gasteiger partial charge on any atom is -0.481 e. The molecular weight excluding hydrogens is 444 g/mol. The number of nitrogens with zero attached hydrogens (tertiary/aromatic N) is 4. The number of fused-ring (bicyclic) bond motifs is 1. The maximum Gasteiger partial charge on any atom is 0.354 e. The van der Waals surface area contributed by atoms with Crippen molar-refractivity contribution in [1.29, 1.82) is 0 Å². The fourth-order valence-electron chi connectivity index (χ4n) is 3.67. The van der Waals surface area contributed by atoms with Gasteiger partial charge in [0.1, 0.15) is 4.90 Å². The number of hydrogen-bond acceptors (Lipinski definition) is 6. The van der Waals surface area contributed by atoms with Gasteiger partial charge in [-0.2, -0.15) is 5.10 Å². The van der Waals surface area contributed by atoms with Crippen molar-refractivity contribution < 1.29 is 18.5 Å². The summed E-state index contributed by atoms with van der Waals surface area (Å²) in [5, 5.41) is 12.9. The number of rotatable bonds is 5. The van der Waals surface area contributed by atoms with E-state index in [1.807, 2.05) is 38.1 Å². The van der Waals surface area contributed by atoms with Crippen molar-refractivity contribution in [3.05, 3.63) is 48.3 Å². The number of anilines is 1. The van der Waals surface area contributed by atoms with Crippen molar-refractivity contribution in [1.82, 2.24) is 14.8 Å². The maximum absolute atomic E-state index is 13.2. The predicted molar refractivity (Wildman–Crippen MR) is 125 cm³/mol. The van der Waals surface area contributed by atoms with Crippen molar-refractivity contribution in [2.45, 2.75) is 37.6 Å². The molecule has 3 N–H and O–H groups in total. The highest BCUT2D eigenvalue weighted by Gasteiger charge is 2.24. The van der Waals surface area contributed by atoms with Gasteiger partial charge in [-0.25, -0.2) is 23.8 Å². The smallest absolute Gasteiger partial charge is 0.354 e. The van der Waals surface area contributed by atoms with Gasteiger partial charge in [0, 0.05) is 30.8 Å². The number of aromatic nitrogens is 3. The molecule has 33 heavy (non-hydrogen) atoms. The molecule has 2 amide bonds. The SMILES string of the molecule is COc1cc(-c2cccc(C(C)C)c2NC(=O)N=[S@@](N)(=O)c2cnn3c2OCCC3)ccn1. The second-order valence-electron chi connectivity index (χ2n) is 7.84. The van der Waals surface area contributed by atoms with E-state index in [0.717, 1.165) is 23.1 Å². The van der Waals surface area contributed by atoms with Crippen LogP contribution in [0.15, 0.2) is 52.0 Å². The number of carbonyl (C=O) groups is 1. The van der Waals surface area contributed by atoms with Crippen LogP contribution < -0.4 is 19.9 Å². The first-order valence-corrected chi connectivity index (χ1v) is 12.1. The molecule has 1 aliphatic rings. The van der Waals surface area contributed by atoms with Gasteiger partial charge < -0.3 is 14.8 Å². The Hall–Kier alpha value is -3.44. The van der Waals surface area contributed by atoms with E-state index < -0.39 is 15.9 Å². The third-order valence-corrected chi connectivity index (χ3v) is 6.60. The van der Waals surface area contributed by atoms with E-state index in [2.05, 4.69) is 19.8 Å². The van der Waals surface area contributed by atoms with Crippen LogP contribution in [0.3, 0.4) is 0 Å². The standard InChI is InChI=1S/C22H26N6O4S/c1-14(2)16-6-4-7-17(15-8-9-24-19(12-15)31-3)20(16)26-22(29)27-33(23,30)18-13-25-28-10-5-11-32-21(18)28/h4,6-9,12-14H,5,10-11H2,1-3H3,(H3,23,26,27,29,30)/t33-/m1/s1. The van der Waals surface area contributed by atoms with Gasteiger partial charge in [0.15, 0.2) is 9.92 Å². The first kappa shape index (κ1) is 22.7. The first-order chi connectivity index (χ1) is 15.8. The number of urea groups is 1. The summed E-state index contributed by atoms with van der Waals surface area (Å²) in [6.07, 6.45) is 3.75. The summed E-state index contributed by atoms with van der Waals surface area (Å²) >= 11 is 0. The van der Waals surface area contributed by atoms with E-state index in [4.69, 9.17) is 14.6 Å². The zero-order chi connectivity index (χ0) is 23.6. The van der Waals surface area contributed by atoms with Gasteiger partial charge in [0.25, 0.3) is 0 Å². The molecule has 3 aromatic rings. The average Bonchev–Trinajstić information content (AvgIpc) is 3.24. The average molecular weight is 471 g/mol. The lowest BCUT2D eigenvalue weighted by molar-refractivity contribution is 0.224. The summed E-state index contributed by atoms with van der Waals surface area (Å²) in [6, 6.07) is 8.47. The van der Waals surface area contributed by atoms with Crippen LogP contribution in [-0.4, -0.2) is 38.7 Å². The van der Waals surface area contributed by atoms with Gasteiger partial charge in [-0.3, -0.25) is 0 Å². The van der Waals surface area contributed by atoms with Crippen molar-refractivity contribution in [3.63, 3.8) is 0 Å². The highest BCUT2D eigenvalue weighted by molar-refractivity contribution is 7.91. The highest BCUT2D eigenvalue weighted by Crippen LogP contribution is 2.36. The number of nitrogens with two attached hydrogens (primary N) is 1. The number of amides is 2. The number of pyridine rings is 1. The van der Waals surface area contributed by atoms with Gasteiger partial charge in [-0.15, -0.1) is 4.36 Å². The molecule has 3 heterocycles. The molecule has 0 saturated carbocycles. The summed E-state index contributed by atoms with van der Waals surface area (Å²) in [4.78, 5) is 17.2. The molecule has 4 rings (SSSR count). The fraction of sp³-hybridized carbons (Fsp3) is 0.318. The zero-order valence-electron chi connectivity index (χ0n) is 18.6. The number of aryl methyl sites for hydroxylation is 1. The maximum atomic E-state index is 13.2. The zero-order valence-corrected chi connectivity index (χ0v) is 19.5. The molecule has 0 aliphatic carbocycles. The quantitative estimate of drug-likeness (QED) is 0.583. The lowest BCUT2D eigenvalue weighted by Gasteiger charge is -2.18. The van der Waals surface area contributed by atoms with E-state index in [0.29, 0.717) is 24.7 Å². The van der Waals surface area contributed by atoms with Gasteiger partial charge in [0.05, 0.1) is 25.6 Å². The fourth-order valence-corrected chi connectivity index (χ4v) is 4.67. The Morgan fingerprint density at radius 3 is 2.94 bits per heavy atom. The van der Waals surface area contributed by atoms with Crippen LogP contribution in [0.5, 0.6) is 11.8 Å². The number of ether oxygens (including phenoxy) is 2. The van der Waals surface area contributed by atoms with Gasteiger partial charge in [0.2, 0.25) is 11.8 Å². The molecule has 0 bridgehead atoms. The minimum atomic E-state index is -3.57. The summed E-state index contributed by atoms with van der Waals surface area (Å²) in [5.41, 5.74) is 2.99. The Bertz CT molecular complexity index is 1310. The first-order valence-electron chi connectivity index (χ1n) is 10.5. The Labute approximate surface area is 192 Å². The van der Waals surface area contributed by atoms with E-state index in [1.54, 1.807) is 16.9 Å². The summed E-state index contributed by atoms with van der Waals surface area (Å²) in [7, 11) is -2.04. The molecule has 174 valence electrons. The van der Waals surface area contributed by atoms with Gasteiger partial charge >= 0.3 is 6.03 Å². The molecule has 0 radical (unpaired) electrons. The Kier molecular flexibility index (Phi) is 6.34. The second kappa shape index (κ2) is 9.20. The normalized spacial score (nSPS) is 14.7. The third kappa shape index (κ3) is 4.69. The molecule has 0 spiro atoms. The molecule has 0 saturated heterocycles. The molecule has 1 aromatic carbocycles. The molecule has 0 fully saturated rings. The Balaban J connectivity index is 1.73. The molecule has 0 unspecified atom stereocenters. The number of benzene rings is 1. The van der Waals surface area contributed by atoms with Crippen molar-refractivity contribution >= 4 is 21.6 Å². The molecular formula is C22H26N6O4S. The van der Waals surface area contributed by atoms with Gasteiger partial charge in [-0.1, -0.05) is 32.0 Å². The van der Waals surface area contributed by atoms with Crippen LogP contribution in [0.1, 0.15) is 31.7 Å². The van der Waals surface area contributed by atoms with Crippen LogP contribution in [0.2, 0.25) is 0 Å². The van der Waals surface area contributed by atoms with Crippen LogP contribution in [0.25, 0.3) is 11.1 Å². The lowest BCUT2D eigenvalue weighted by atomic mass is 9.94. The van der Waals surface area contributed by atoms with Gasteiger partial charge in [-0.05, 0) is 23.1 Å². The monoisotopic (exact) mass is 470 g/mol. The minimum absolute atomic E-state index is 0.0994. The van der Waals surface area contributed by atoms with Crippen LogP contribution in [0.4, 0.5) is 10.5 Å². The second-order valence-corrected chi connectivity index (χ2v) is 9.60. The highest BCUT2D eigenvalue weighted by atomic mass is 32.2. The molecule has 1 atom stereocenters. The molecule has 11 heteroatoms. The van der Waals surface area contributed by atoms with Crippen molar-refractivity contribution in [2.24, 2.45) is 9.50 Å².